The molecule has 1 heterocycles. The summed E-state index contributed by atoms with van der Waals surface area (Å²) in [6.07, 6.45) is 0. The summed E-state index contributed by atoms with van der Waals surface area (Å²) in [5, 5.41) is 0.943. The van der Waals surface area contributed by atoms with Crippen molar-refractivity contribution in [3.8, 4) is 0 Å². The van der Waals surface area contributed by atoms with Crippen molar-refractivity contribution in [3.05, 3.63) is 172 Å². The molecule has 1 aliphatic heterocycles. The molecule has 0 aromatic heterocycles. The van der Waals surface area contributed by atoms with Crippen LogP contribution in [0.3, 0.4) is 0 Å². The summed E-state index contributed by atoms with van der Waals surface area (Å²) in [5.74, 6) is -3.97. The molecule has 5 aromatic carbocycles. The van der Waals surface area contributed by atoms with Gasteiger partial charge in [-0.2, -0.15) is 0 Å². The second kappa shape index (κ2) is 10.3. The summed E-state index contributed by atoms with van der Waals surface area (Å²) in [7, 11) is 0. The zero-order valence-electron chi connectivity index (χ0n) is 24.2. The molecular weight excluding hydrogens is 620 g/mol. The number of Topliss-reactive ketones (excluding diaryl/α,β-unsaturated/α-hetero) is 1. The number of imide groups is 1. The Hall–Kier alpha value is -4.84. The highest BCUT2D eigenvalue weighted by atomic mass is 35.5. The van der Waals surface area contributed by atoms with Gasteiger partial charge in [0.2, 0.25) is 11.8 Å². The van der Waals surface area contributed by atoms with Crippen LogP contribution in [0, 0.1) is 17.7 Å². The molecule has 2 amide bonds. The molecule has 5 aromatic rings. The molecule has 2 aliphatic carbocycles. The van der Waals surface area contributed by atoms with Crippen LogP contribution in [0.5, 0.6) is 0 Å². The highest BCUT2D eigenvalue weighted by Crippen LogP contribution is 2.74. The van der Waals surface area contributed by atoms with Gasteiger partial charge in [0.1, 0.15) is 5.82 Å². The van der Waals surface area contributed by atoms with Gasteiger partial charge in [-0.05, 0) is 81.9 Å². The second-order valence-electron chi connectivity index (χ2n) is 11.9. The number of halogens is 3. The first-order valence-corrected chi connectivity index (χ1v) is 15.6. The number of anilines is 1. The number of hydrogen-bond donors (Lipinski definition) is 0. The van der Waals surface area contributed by atoms with Crippen LogP contribution in [0.25, 0.3) is 11.1 Å². The number of ketones is 1. The molecule has 4 nitrogen and oxygen atoms in total. The maximum atomic E-state index is 15.9. The number of hydrogen-bond acceptors (Lipinski definition) is 3. The Morgan fingerprint density at radius 3 is 1.30 bits per heavy atom. The van der Waals surface area contributed by atoms with Crippen molar-refractivity contribution in [2.75, 3.05) is 4.90 Å². The highest BCUT2D eigenvalue weighted by Gasteiger charge is 2.82. The van der Waals surface area contributed by atoms with Gasteiger partial charge in [-0.1, -0.05) is 108 Å². The molecule has 1 saturated heterocycles. The smallest absolute Gasteiger partial charge is 0.239 e. The summed E-state index contributed by atoms with van der Waals surface area (Å²) < 4.78 is 14.0. The summed E-state index contributed by atoms with van der Waals surface area (Å²) in [6, 6.07) is 38.4. The minimum Gasteiger partial charge on any atom is -0.297 e. The van der Waals surface area contributed by atoms with Crippen molar-refractivity contribution in [1.82, 2.24) is 0 Å². The number of allylic oxidation sites excluding steroid dienone is 2. The van der Waals surface area contributed by atoms with Gasteiger partial charge in [0.15, 0.2) is 5.78 Å². The maximum absolute atomic E-state index is 15.9. The zero-order valence-corrected chi connectivity index (χ0v) is 25.7. The predicted molar refractivity (Wildman–Crippen MR) is 177 cm³/mol. The number of nitrogens with zero attached hydrogens (tertiary/aromatic N) is 1. The van der Waals surface area contributed by atoms with Crippen LogP contribution in [0.1, 0.15) is 22.3 Å². The fourth-order valence-electron chi connectivity index (χ4n) is 8.20. The number of benzene rings is 5. The van der Waals surface area contributed by atoms with E-state index in [0.29, 0.717) is 32.3 Å². The van der Waals surface area contributed by atoms with Crippen molar-refractivity contribution in [3.63, 3.8) is 0 Å². The Bertz CT molecular complexity index is 1950. The van der Waals surface area contributed by atoms with Gasteiger partial charge < -0.3 is 0 Å². The lowest BCUT2D eigenvalue weighted by atomic mass is 9.59. The number of fused-ring (bicyclic) bond motifs is 5. The SMILES string of the molecule is O=C1[C@H]2[C@H](C(=O)N1c1ccc(F)cc1)[C@]1(c3ccc(Cl)cc3)C(=O)[C@@]2(c2ccc(Cl)cc2)C(c2ccccc2)=C1c1ccccc1. The van der Waals surface area contributed by atoms with Crippen LogP contribution in [-0.4, -0.2) is 17.6 Å². The Kier molecular flexibility index (Phi) is 6.44. The topological polar surface area (TPSA) is 54.5 Å². The molecule has 2 bridgehead atoms. The van der Waals surface area contributed by atoms with Crippen molar-refractivity contribution in [2.24, 2.45) is 11.8 Å². The molecule has 8 rings (SSSR count). The normalized spacial score (nSPS) is 25.0. The minimum atomic E-state index is -1.57. The molecule has 0 spiro atoms. The quantitative estimate of drug-likeness (QED) is 0.181. The maximum Gasteiger partial charge on any atom is 0.239 e. The van der Waals surface area contributed by atoms with E-state index >= 15 is 4.79 Å². The third-order valence-corrected chi connectivity index (χ3v) is 10.3. The lowest BCUT2D eigenvalue weighted by Crippen LogP contribution is -2.45. The summed E-state index contributed by atoms with van der Waals surface area (Å²) in [5.41, 5.74) is 1.12. The molecule has 7 heteroatoms. The van der Waals surface area contributed by atoms with Crippen LogP contribution in [0.4, 0.5) is 10.1 Å². The highest BCUT2D eigenvalue weighted by molar-refractivity contribution is 6.39. The van der Waals surface area contributed by atoms with E-state index in [1.54, 1.807) is 48.5 Å². The standard InChI is InChI=1S/C39H24Cl2FNO3/c40-27-15-11-25(12-16-27)38-31(23-7-3-1-4-8-23)32(24-9-5-2-6-10-24)39(37(38)46,26-13-17-28(41)18-14-26)34-33(38)35(44)43(36(34)45)30-21-19-29(42)20-22-30/h1-22,33-34H/t33-,34-,38-,39+/m1/s1. The average Bonchev–Trinajstić information content (AvgIpc) is 3.58. The largest absolute Gasteiger partial charge is 0.297 e. The van der Waals surface area contributed by atoms with Gasteiger partial charge in [0.05, 0.1) is 28.4 Å². The van der Waals surface area contributed by atoms with Gasteiger partial charge in [-0.25, -0.2) is 9.29 Å². The molecule has 224 valence electrons. The molecule has 4 atom stereocenters. The first kappa shape index (κ1) is 28.6. The van der Waals surface area contributed by atoms with Crippen LogP contribution >= 0.6 is 23.2 Å². The van der Waals surface area contributed by atoms with Gasteiger partial charge in [-0.15, -0.1) is 0 Å². The molecule has 0 radical (unpaired) electrons. The first-order chi connectivity index (χ1) is 22.3. The Balaban J connectivity index is 1.56. The van der Waals surface area contributed by atoms with Crippen molar-refractivity contribution < 1.29 is 18.8 Å². The second-order valence-corrected chi connectivity index (χ2v) is 12.8. The molecular formula is C39H24Cl2FNO3. The van der Waals surface area contributed by atoms with E-state index in [-0.39, 0.29) is 11.5 Å². The Morgan fingerprint density at radius 2 is 0.913 bits per heavy atom. The number of amides is 2. The van der Waals surface area contributed by atoms with Gasteiger partial charge in [-0.3, -0.25) is 14.4 Å². The van der Waals surface area contributed by atoms with Crippen LogP contribution in [0.15, 0.2) is 133 Å². The number of rotatable bonds is 5. The fourth-order valence-corrected chi connectivity index (χ4v) is 8.45. The third-order valence-electron chi connectivity index (χ3n) is 9.80. The average molecular weight is 645 g/mol. The van der Waals surface area contributed by atoms with Crippen LogP contribution < -0.4 is 4.90 Å². The van der Waals surface area contributed by atoms with Crippen LogP contribution in [-0.2, 0) is 25.2 Å². The molecule has 0 N–H and O–H groups in total. The molecule has 3 aliphatic rings. The van der Waals surface area contributed by atoms with E-state index in [0.717, 1.165) is 16.0 Å². The molecule has 0 unspecified atom stereocenters. The summed E-state index contributed by atoms with van der Waals surface area (Å²) in [6.45, 7) is 0. The van der Waals surface area contributed by atoms with E-state index in [2.05, 4.69) is 0 Å². The Labute approximate surface area is 274 Å². The van der Waals surface area contributed by atoms with Gasteiger partial charge in [0, 0.05) is 10.0 Å². The lowest BCUT2D eigenvalue weighted by Gasteiger charge is -2.39. The fraction of sp³-hybridized carbons (Fsp3) is 0.103. The third kappa shape index (κ3) is 3.64. The Morgan fingerprint density at radius 1 is 0.522 bits per heavy atom. The van der Waals surface area contributed by atoms with Crippen molar-refractivity contribution in [1.29, 1.82) is 0 Å². The minimum absolute atomic E-state index is 0.248. The lowest BCUT2D eigenvalue weighted by molar-refractivity contribution is -0.130. The number of carbonyl (C=O) groups is 3. The molecule has 1 saturated carbocycles. The van der Waals surface area contributed by atoms with E-state index in [9.17, 15) is 14.0 Å². The van der Waals surface area contributed by atoms with Crippen LogP contribution in [0.2, 0.25) is 10.0 Å². The molecule has 2 fully saturated rings. The van der Waals surface area contributed by atoms with E-state index < -0.39 is 40.3 Å². The monoisotopic (exact) mass is 643 g/mol. The van der Waals surface area contributed by atoms with Crippen molar-refractivity contribution in [2.45, 2.75) is 10.8 Å². The first-order valence-electron chi connectivity index (χ1n) is 14.9. The van der Waals surface area contributed by atoms with Gasteiger partial charge >= 0.3 is 0 Å². The van der Waals surface area contributed by atoms with E-state index in [4.69, 9.17) is 23.2 Å². The predicted octanol–water partition coefficient (Wildman–Crippen LogP) is 8.32. The number of carbonyl (C=O) groups excluding carboxylic acids is 3. The van der Waals surface area contributed by atoms with E-state index in [1.807, 2.05) is 60.7 Å². The zero-order chi connectivity index (χ0) is 31.8. The van der Waals surface area contributed by atoms with E-state index in [1.165, 1.54) is 24.3 Å². The molecule has 46 heavy (non-hydrogen) atoms. The summed E-state index contributed by atoms with van der Waals surface area (Å²) in [4.78, 5) is 46.8. The van der Waals surface area contributed by atoms with Crippen molar-refractivity contribution >= 4 is 57.6 Å². The summed E-state index contributed by atoms with van der Waals surface area (Å²) >= 11 is 12.8. The van der Waals surface area contributed by atoms with Gasteiger partial charge in [0.25, 0.3) is 0 Å².